The van der Waals surface area contributed by atoms with Crippen LogP contribution < -0.4 is 5.32 Å². The van der Waals surface area contributed by atoms with Gasteiger partial charge < -0.3 is 9.84 Å². The molecule has 136 valence electrons. The summed E-state index contributed by atoms with van der Waals surface area (Å²) in [5, 5.41) is 18.9. The first kappa shape index (κ1) is 19.1. The molecular formula is C17H23ClN4O3. The number of aliphatic hydroxyl groups is 1. The number of amides is 1. The minimum absolute atomic E-state index is 0.356. The van der Waals surface area contributed by atoms with E-state index in [-0.39, 0.29) is 0 Å². The molecular weight excluding hydrogens is 344 g/mol. The fourth-order valence-corrected chi connectivity index (χ4v) is 2.31. The molecule has 8 heteroatoms. The predicted octanol–water partition coefficient (Wildman–Crippen LogP) is 4.67. The van der Waals surface area contributed by atoms with Crippen molar-refractivity contribution in [3.05, 3.63) is 29.6 Å². The fraction of sp³-hybridized carbons (Fsp3) is 0.471. The summed E-state index contributed by atoms with van der Waals surface area (Å²) in [5.41, 5.74) is -0.0499. The third-order valence-electron chi connectivity index (χ3n) is 3.55. The van der Waals surface area contributed by atoms with Crippen molar-refractivity contribution in [1.29, 1.82) is 0 Å². The Morgan fingerprint density at radius 2 is 2.12 bits per heavy atom. The van der Waals surface area contributed by atoms with Crippen LogP contribution in [0.4, 0.5) is 10.6 Å². The van der Waals surface area contributed by atoms with Crippen molar-refractivity contribution in [2.75, 3.05) is 5.32 Å². The number of carbonyl (C=O) groups excluding carboxylic acids is 1. The molecule has 0 spiro atoms. The van der Waals surface area contributed by atoms with Gasteiger partial charge in [0.1, 0.15) is 10.8 Å². The van der Waals surface area contributed by atoms with Gasteiger partial charge in [-0.1, -0.05) is 25.1 Å². The molecule has 0 bridgehead atoms. The number of halogens is 1. The maximum absolute atomic E-state index is 11.6. The van der Waals surface area contributed by atoms with Crippen LogP contribution in [0.2, 0.25) is 5.15 Å². The van der Waals surface area contributed by atoms with E-state index in [9.17, 15) is 4.79 Å². The lowest BCUT2D eigenvalue weighted by Gasteiger charge is -2.19. The number of aromatic nitrogens is 3. The number of rotatable bonds is 2. The van der Waals surface area contributed by atoms with Crippen LogP contribution in [0.15, 0.2) is 24.5 Å². The van der Waals surface area contributed by atoms with Gasteiger partial charge in [-0.15, -0.1) is 0 Å². The molecule has 2 atom stereocenters. The third kappa shape index (κ3) is 5.63. The SMILES string of the molecule is C=C(O)C1CC1C.CC(C)(C)OC(=O)Nc1n[nH]c2nc(Cl)ccc12. The molecule has 0 saturated heterocycles. The first-order chi connectivity index (χ1) is 11.6. The molecule has 3 rings (SSSR count). The van der Waals surface area contributed by atoms with Crippen molar-refractivity contribution in [1.82, 2.24) is 15.2 Å². The van der Waals surface area contributed by atoms with Gasteiger partial charge in [-0.2, -0.15) is 5.10 Å². The van der Waals surface area contributed by atoms with Gasteiger partial charge in [0.15, 0.2) is 11.5 Å². The summed E-state index contributed by atoms with van der Waals surface area (Å²) in [6.45, 7) is 10.9. The monoisotopic (exact) mass is 366 g/mol. The Labute approximate surface area is 151 Å². The molecule has 1 aliphatic rings. The fourth-order valence-electron chi connectivity index (χ4n) is 2.16. The Bertz CT molecular complexity index is 782. The predicted molar refractivity (Wildman–Crippen MR) is 97.8 cm³/mol. The zero-order valence-electron chi connectivity index (χ0n) is 14.8. The Hall–Kier alpha value is -2.28. The Kier molecular flexibility index (Phi) is 5.57. The number of H-pyrrole nitrogens is 1. The largest absolute Gasteiger partial charge is 0.513 e. The summed E-state index contributed by atoms with van der Waals surface area (Å²) >= 11 is 5.75. The van der Waals surface area contributed by atoms with Crippen LogP contribution in [0.25, 0.3) is 11.0 Å². The summed E-state index contributed by atoms with van der Waals surface area (Å²) in [6, 6.07) is 3.35. The topological polar surface area (TPSA) is 100 Å². The number of hydrogen-bond acceptors (Lipinski definition) is 5. The Morgan fingerprint density at radius 3 is 2.60 bits per heavy atom. The molecule has 1 fully saturated rings. The summed E-state index contributed by atoms with van der Waals surface area (Å²) in [5.74, 6) is 1.86. The van der Waals surface area contributed by atoms with Crippen LogP contribution in [-0.2, 0) is 4.74 Å². The van der Waals surface area contributed by atoms with E-state index in [4.69, 9.17) is 21.4 Å². The molecule has 0 radical (unpaired) electrons. The summed E-state index contributed by atoms with van der Waals surface area (Å²) in [7, 11) is 0. The molecule has 2 aromatic heterocycles. The second-order valence-corrected chi connectivity index (χ2v) is 7.43. The lowest BCUT2D eigenvalue weighted by atomic mass is 10.2. The van der Waals surface area contributed by atoms with E-state index < -0.39 is 11.7 Å². The minimum atomic E-state index is -0.564. The van der Waals surface area contributed by atoms with Gasteiger partial charge in [0.05, 0.1) is 11.1 Å². The number of nitrogens with one attached hydrogen (secondary N) is 2. The average molecular weight is 367 g/mol. The quantitative estimate of drug-likeness (QED) is 0.529. The van der Waals surface area contributed by atoms with Crippen molar-refractivity contribution in [2.45, 2.75) is 39.7 Å². The smallest absolute Gasteiger partial charge is 0.413 e. The molecule has 1 aliphatic carbocycles. The number of allylic oxidation sites excluding steroid dienone is 1. The van der Waals surface area contributed by atoms with Gasteiger partial charge in [-0.05, 0) is 45.2 Å². The zero-order valence-corrected chi connectivity index (χ0v) is 15.5. The first-order valence-electron chi connectivity index (χ1n) is 7.95. The van der Waals surface area contributed by atoms with Crippen molar-refractivity contribution >= 4 is 34.5 Å². The van der Waals surface area contributed by atoms with Crippen molar-refractivity contribution in [2.24, 2.45) is 11.8 Å². The first-order valence-corrected chi connectivity index (χ1v) is 8.33. The number of anilines is 1. The van der Waals surface area contributed by atoms with Gasteiger partial charge in [-0.3, -0.25) is 10.4 Å². The Morgan fingerprint density at radius 1 is 1.48 bits per heavy atom. The van der Waals surface area contributed by atoms with Gasteiger partial charge in [-0.25, -0.2) is 9.78 Å². The molecule has 1 saturated carbocycles. The molecule has 0 aliphatic heterocycles. The van der Waals surface area contributed by atoms with E-state index in [2.05, 4.69) is 34.0 Å². The van der Waals surface area contributed by atoms with E-state index in [0.29, 0.717) is 39.6 Å². The van der Waals surface area contributed by atoms with E-state index in [1.54, 1.807) is 32.9 Å². The van der Waals surface area contributed by atoms with E-state index in [1.807, 2.05) is 0 Å². The normalized spacial score (nSPS) is 18.9. The molecule has 7 nitrogen and oxygen atoms in total. The number of aromatic amines is 1. The number of aliphatic hydroxyl groups excluding tert-OH is 1. The maximum Gasteiger partial charge on any atom is 0.413 e. The summed E-state index contributed by atoms with van der Waals surface area (Å²) < 4.78 is 5.13. The molecule has 3 N–H and O–H groups in total. The van der Waals surface area contributed by atoms with Crippen LogP contribution in [0.1, 0.15) is 34.1 Å². The molecule has 1 amide bonds. The van der Waals surface area contributed by atoms with Crippen LogP contribution in [0.3, 0.4) is 0 Å². The standard InChI is InChI=1S/C11H13ClN4O2.C6H10O/c1-11(2,3)18-10(17)14-9-6-4-5-7(12)13-8(6)15-16-9;1-4-3-6(4)5(2)7/h4-5H,1-3H3,(H2,13,14,15,16,17);4,6-7H,2-3H2,1H3. The van der Waals surface area contributed by atoms with Crippen LogP contribution in [0, 0.1) is 11.8 Å². The molecule has 2 unspecified atom stereocenters. The zero-order chi connectivity index (χ0) is 18.8. The number of nitrogens with zero attached hydrogens (tertiary/aromatic N) is 2. The number of pyridine rings is 1. The highest BCUT2D eigenvalue weighted by Crippen LogP contribution is 2.41. The summed E-state index contributed by atoms with van der Waals surface area (Å²) in [6.07, 6.45) is 0.570. The second-order valence-electron chi connectivity index (χ2n) is 7.04. The van der Waals surface area contributed by atoms with Crippen LogP contribution in [-0.4, -0.2) is 32.0 Å². The second kappa shape index (κ2) is 7.31. The van der Waals surface area contributed by atoms with E-state index in [0.717, 1.165) is 6.42 Å². The van der Waals surface area contributed by atoms with Crippen LogP contribution in [0.5, 0.6) is 0 Å². The average Bonchev–Trinajstić information content (AvgIpc) is 3.08. The van der Waals surface area contributed by atoms with Crippen molar-refractivity contribution < 1.29 is 14.6 Å². The molecule has 2 heterocycles. The van der Waals surface area contributed by atoms with Gasteiger partial charge in [0, 0.05) is 5.92 Å². The minimum Gasteiger partial charge on any atom is -0.513 e. The molecule has 2 aromatic rings. The van der Waals surface area contributed by atoms with Gasteiger partial charge >= 0.3 is 6.09 Å². The van der Waals surface area contributed by atoms with Crippen LogP contribution >= 0.6 is 11.6 Å². The third-order valence-corrected chi connectivity index (χ3v) is 3.76. The van der Waals surface area contributed by atoms with Crippen molar-refractivity contribution in [3.8, 4) is 0 Å². The van der Waals surface area contributed by atoms with E-state index in [1.165, 1.54) is 0 Å². The maximum atomic E-state index is 11.6. The highest BCUT2D eigenvalue weighted by molar-refractivity contribution is 6.29. The van der Waals surface area contributed by atoms with Crippen molar-refractivity contribution in [3.63, 3.8) is 0 Å². The van der Waals surface area contributed by atoms with Gasteiger partial charge in [0.25, 0.3) is 0 Å². The number of hydrogen-bond donors (Lipinski definition) is 3. The highest BCUT2D eigenvalue weighted by atomic mass is 35.5. The lowest BCUT2D eigenvalue weighted by molar-refractivity contribution is 0.0635. The number of ether oxygens (including phenoxy) is 1. The molecule has 0 aromatic carbocycles. The number of carbonyl (C=O) groups is 1. The highest BCUT2D eigenvalue weighted by Gasteiger charge is 2.34. The Balaban J connectivity index is 0.000000269. The molecule has 25 heavy (non-hydrogen) atoms. The number of fused-ring (bicyclic) bond motifs is 1. The van der Waals surface area contributed by atoms with E-state index >= 15 is 0 Å². The lowest BCUT2D eigenvalue weighted by Crippen LogP contribution is -2.27. The summed E-state index contributed by atoms with van der Waals surface area (Å²) in [4.78, 5) is 15.6. The van der Waals surface area contributed by atoms with Gasteiger partial charge in [0.2, 0.25) is 0 Å².